The lowest BCUT2D eigenvalue weighted by Crippen LogP contribution is -2.41. The first kappa shape index (κ1) is 17.1. The molecule has 0 saturated carbocycles. The van der Waals surface area contributed by atoms with E-state index in [-0.39, 0.29) is 5.69 Å². The van der Waals surface area contributed by atoms with Gasteiger partial charge in [0.05, 0.1) is 17.0 Å². The molecule has 2 heterocycles. The quantitative estimate of drug-likeness (QED) is 0.833. The van der Waals surface area contributed by atoms with Gasteiger partial charge in [0.25, 0.3) is 0 Å². The van der Waals surface area contributed by atoms with Crippen molar-refractivity contribution < 1.29 is 15.0 Å². The summed E-state index contributed by atoms with van der Waals surface area (Å²) in [5, 5.41) is 23.9. The summed E-state index contributed by atoms with van der Waals surface area (Å²) in [6.45, 7) is 5.25. The molecule has 24 heavy (non-hydrogen) atoms. The maximum absolute atomic E-state index is 11.6. The fourth-order valence-corrected chi connectivity index (χ4v) is 3.54. The van der Waals surface area contributed by atoms with Gasteiger partial charge < -0.3 is 10.2 Å². The van der Waals surface area contributed by atoms with E-state index in [4.69, 9.17) is 0 Å². The number of carbonyl (C=O) groups is 1. The van der Waals surface area contributed by atoms with Gasteiger partial charge in [-0.3, -0.25) is 4.90 Å². The van der Waals surface area contributed by atoms with Crippen LogP contribution in [0.1, 0.15) is 35.6 Å². The van der Waals surface area contributed by atoms with E-state index in [1.165, 1.54) is 0 Å². The third-order valence-electron chi connectivity index (χ3n) is 4.00. The number of rotatable bonds is 4. The second kappa shape index (κ2) is 6.31. The number of fused-ring (bicyclic) bond motifs is 1. The number of halogens is 1. The van der Waals surface area contributed by atoms with Crippen LogP contribution < -0.4 is 0 Å². The van der Waals surface area contributed by atoms with Crippen LogP contribution in [0.5, 0.6) is 0 Å². The smallest absolute Gasteiger partial charge is 0.356 e. The van der Waals surface area contributed by atoms with Gasteiger partial charge in [-0.1, -0.05) is 22.0 Å². The number of carboxylic acids is 1. The number of hydrogen-bond acceptors (Lipinski definition) is 4. The van der Waals surface area contributed by atoms with Gasteiger partial charge in [0, 0.05) is 36.1 Å². The van der Waals surface area contributed by atoms with Crippen molar-refractivity contribution in [1.29, 1.82) is 0 Å². The molecule has 0 saturated heterocycles. The molecule has 3 rings (SSSR count). The van der Waals surface area contributed by atoms with Crippen molar-refractivity contribution in [3.63, 3.8) is 0 Å². The van der Waals surface area contributed by atoms with Gasteiger partial charge in [-0.05, 0) is 32.0 Å². The standard InChI is InChI=1S/C17H20BrN3O3/c1-17(2,24)10-20-7-6-14-13(9-20)15(16(22)23)19-21(14)12-5-3-4-11(18)8-12/h3-5,8,24H,6-7,9-10H2,1-2H3,(H,22,23). The van der Waals surface area contributed by atoms with Gasteiger partial charge >= 0.3 is 5.97 Å². The van der Waals surface area contributed by atoms with Crippen molar-refractivity contribution in [3.8, 4) is 5.69 Å². The molecule has 0 fully saturated rings. The van der Waals surface area contributed by atoms with Crippen LogP contribution in [0.3, 0.4) is 0 Å². The Kier molecular flexibility index (Phi) is 4.50. The Hall–Kier alpha value is -1.70. The Morgan fingerprint density at radius 3 is 2.79 bits per heavy atom. The minimum Gasteiger partial charge on any atom is -0.476 e. The predicted molar refractivity (Wildman–Crippen MR) is 93.5 cm³/mol. The number of aromatic nitrogens is 2. The molecule has 0 spiro atoms. The summed E-state index contributed by atoms with van der Waals surface area (Å²) in [5.74, 6) is -1.02. The average Bonchev–Trinajstić information content (AvgIpc) is 2.84. The van der Waals surface area contributed by atoms with Crippen LogP contribution in [0, 0.1) is 0 Å². The molecule has 2 N–H and O–H groups in total. The van der Waals surface area contributed by atoms with E-state index >= 15 is 0 Å². The van der Waals surface area contributed by atoms with E-state index in [2.05, 4.69) is 25.9 Å². The van der Waals surface area contributed by atoms with E-state index < -0.39 is 11.6 Å². The molecule has 0 bridgehead atoms. The Labute approximate surface area is 148 Å². The fourth-order valence-electron chi connectivity index (χ4n) is 3.15. The second-order valence-electron chi connectivity index (χ2n) is 6.74. The van der Waals surface area contributed by atoms with Gasteiger partial charge in [0.15, 0.2) is 5.69 Å². The molecule has 0 amide bonds. The van der Waals surface area contributed by atoms with E-state index in [1.807, 2.05) is 24.3 Å². The molecule has 1 aromatic carbocycles. The molecule has 7 heteroatoms. The first-order chi connectivity index (χ1) is 11.2. The van der Waals surface area contributed by atoms with Crippen LogP contribution in [0.4, 0.5) is 0 Å². The second-order valence-corrected chi connectivity index (χ2v) is 7.66. The zero-order valence-electron chi connectivity index (χ0n) is 13.7. The lowest BCUT2D eigenvalue weighted by Gasteiger charge is -2.32. The molecule has 0 aliphatic carbocycles. The van der Waals surface area contributed by atoms with Crippen molar-refractivity contribution in [2.24, 2.45) is 0 Å². The van der Waals surface area contributed by atoms with Crippen LogP contribution >= 0.6 is 15.9 Å². The highest BCUT2D eigenvalue weighted by Gasteiger charge is 2.30. The maximum atomic E-state index is 11.6. The number of aromatic carboxylic acids is 1. The summed E-state index contributed by atoms with van der Waals surface area (Å²) in [5.41, 5.74) is 1.77. The summed E-state index contributed by atoms with van der Waals surface area (Å²) < 4.78 is 2.64. The molecule has 6 nitrogen and oxygen atoms in total. The highest BCUT2D eigenvalue weighted by atomic mass is 79.9. The summed E-state index contributed by atoms with van der Waals surface area (Å²) >= 11 is 3.44. The van der Waals surface area contributed by atoms with Crippen molar-refractivity contribution >= 4 is 21.9 Å². The summed E-state index contributed by atoms with van der Waals surface area (Å²) in [4.78, 5) is 13.7. The third kappa shape index (κ3) is 3.53. The van der Waals surface area contributed by atoms with Crippen LogP contribution in [0.15, 0.2) is 28.7 Å². The van der Waals surface area contributed by atoms with Crippen LogP contribution in [-0.2, 0) is 13.0 Å². The number of hydrogen-bond donors (Lipinski definition) is 2. The number of benzene rings is 1. The van der Waals surface area contributed by atoms with E-state index in [0.717, 1.165) is 28.0 Å². The Bertz CT molecular complexity index is 780. The predicted octanol–water partition coefficient (Wildman–Crippen LogP) is 2.46. The first-order valence-corrected chi connectivity index (χ1v) is 8.58. The van der Waals surface area contributed by atoms with Gasteiger partial charge in [-0.2, -0.15) is 5.10 Å². The highest BCUT2D eigenvalue weighted by molar-refractivity contribution is 9.10. The van der Waals surface area contributed by atoms with E-state index in [9.17, 15) is 15.0 Å². The third-order valence-corrected chi connectivity index (χ3v) is 4.50. The normalized spacial score (nSPS) is 15.3. The average molecular weight is 394 g/mol. The number of aliphatic hydroxyl groups is 1. The molecule has 0 radical (unpaired) electrons. The molecule has 128 valence electrons. The maximum Gasteiger partial charge on any atom is 0.356 e. The zero-order valence-corrected chi connectivity index (χ0v) is 15.2. The van der Waals surface area contributed by atoms with E-state index in [1.54, 1.807) is 18.5 Å². The summed E-state index contributed by atoms with van der Waals surface area (Å²) in [7, 11) is 0. The van der Waals surface area contributed by atoms with Crippen LogP contribution in [0.2, 0.25) is 0 Å². The Balaban J connectivity index is 2.01. The lowest BCUT2D eigenvalue weighted by molar-refractivity contribution is 0.0314. The molecular formula is C17H20BrN3O3. The number of carboxylic acid groups (broad SMARTS) is 1. The fraction of sp³-hybridized carbons (Fsp3) is 0.412. The van der Waals surface area contributed by atoms with Gasteiger partial charge in [0.1, 0.15) is 0 Å². The van der Waals surface area contributed by atoms with Gasteiger partial charge in [-0.25, -0.2) is 9.48 Å². The van der Waals surface area contributed by atoms with Crippen molar-refractivity contribution in [3.05, 3.63) is 45.7 Å². The van der Waals surface area contributed by atoms with E-state index in [0.29, 0.717) is 19.5 Å². The zero-order chi connectivity index (χ0) is 17.5. The first-order valence-electron chi connectivity index (χ1n) is 7.79. The summed E-state index contributed by atoms with van der Waals surface area (Å²) in [6, 6.07) is 7.65. The molecule has 0 atom stereocenters. The molecule has 1 aromatic heterocycles. The number of β-amino-alcohol motifs (C(OH)–C–C–N with tert-alkyl or cyclic N) is 1. The topological polar surface area (TPSA) is 78.6 Å². The molecule has 1 aliphatic heterocycles. The lowest BCUT2D eigenvalue weighted by atomic mass is 10.0. The molecule has 2 aromatic rings. The van der Waals surface area contributed by atoms with Crippen LogP contribution in [0.25, 0.3) is 5.69 Å². The highest BCUT2D eigenvalue weighted by Crippen LogP contribution is 2.27. The molecule has 1 aliphatic rings. The minimum absolute atomic E-state index is 0.0884. The van der Waals surface area contributed by atoms with Crippen molar-refractivity contribution in [2.75, 3.05) is 13.1 Å². The van der Waals surface area contributed by atoms with Crippen LogP contribution in [-0.4, -0.2) is 49.6 Å². The number of nitrogens with zero attached hydrogens (tertiary/aromatic N) is 3. The SMILES string of the molecule is CC(C)(O)CN1CCc2c(c(C(=O)O)nn2-c2cccc(Br)c2)C1. The van der Waals surface area contributed by atoms with Crippen molar-refractivity contribution in [1.82, 2.24) is 14.7 Å². The Morgan fingerprint density at radius 2 is 2.17 bits per heavy atom. The Morgan fingerprint density at radius 1 is 1.42 bits per heavy atom. The molecule has 0 unspecified atom stereocenters. The monoisotopic (exact) mass is 393 g/mol. The summed E-state index contributed by atoms with van der Waals surface area (Å²) in [6.07, 6.45) is 0.693. The van der Waals surface area contributed by atoms with Gasteiger partial charge in [-0.15, -0.1) is 0 Å². The molecular weight excluding hydrogens is 374 g/mol. The van der Waals surface area contributed by atoms with Crippen molar-refractivity contribution in [2.45, 2.75) is 32.4 Å². The van der Waals surface area contributed by atoms with Gasteiger partial charge in [0.2, 0.25) is 0 Å². The largest absolute Gasteiger partial charge is 0.476 e. The minimum atomic E-state index is -1.02.